The van der Waals surface area contributed by atoms with Gasteiger partial charge in [-0.3, -0.25) is 4.79 Å². The van der Waals surface area contributed by atoms with Gasteiger partial charge in [-0.15, -0.1) is 0 Å². The van der Waals surface area contributed by atoms with Crippen molar-refractivity contribution >= 4 is 35.5 Å². The third kappa shape index (κ3) is 12.7. The van der Waals surface area contributed by atoms with E-state index in [4.69, 9.17) is 32.9 Å². The lowest BCUT2D eigenvalue weighted by Gasteiger charge is -2.21. The van der Waals surface area contributed by atoms with Crippen molar-refractivity contribution in [3.63, 3.8) is 0 Å². The number of halogens is 2. The van der Waals surface area contributed by atoms with E-state index in [-0.39, 0.29) is 6.03 Å². The molecule has 0 fully saturated rings. The number of benzene rings is 1. The largest absolute Gasteiger partial charge is 0.373 e. The molecule has 0 aliphatic rings. The number of rotatable bonds is 19. The van der Waals surface area contributed by atoms with Gasteiger partial charge in [0.05, 0.1) is 30.0 Å². The summed E-state index contributed by atoms with van der Waals surface area (Å²) in [5.74, 6) is 0.760. The van der Waals surface area contributed by atoms with E-state index in [0.29, 0.717) is 48.1 Å². The summed E-state index contributed by atoms with van der Waals surface area (Å²) >= 11 is 12.7. The molecule has 0 saturated heterocycles. The van der Waals surface area contributed by atoms with E-state index >= 15 is 0 Å². The summed E-state index contributed by atoms with van der Waals surface area (Å²) in [5.41, 5.74) is 3.89. The van der Waals surface area contributed by atoms with E-state index in [1.54, 1.807) is 18.2 Å². The number of aromatic nitrogens is 2. The number of aldehydes is 1. The first-order valence-electron chi connectivity index (χ1n) is 15.2. The minimum Gasteiger partial charge on any atom is -0.373 e. The third-order valence-electron chi connectivity index (χ3n) is 6.86. The molecule has 1 heterocycles. The van der Waals surface area contributed by atoms with Gasteiger partial charge < -0.3 is 19.9 Å². The van der Waals surface area contributed by atoms with E-state index < -0.39 is 6.04 Å². The fraction of sp³-hybridized carbons (Fsp3) is 0.400. The van der Waals surface area contributed by atoms with E-state index in [9.17, 15) is 9.59 Å². The molecule has 0 spiro atoms. The summed E-state index contributed by atoms with van der Waals surface area (Å²) in [6.45, 7) is 14.0. The smallest absolute Gasteiger partial charge is 0.315 e. The van der Waals surface area contributed by atoms with Crippen LogP contribution in [-0.2, 0) is 16.1 Å². The molecule has 9 heteroatoms. The molecule has 2 rings (SSSR count). The van der Waals surface area contributed by atoms with Gasteiger partial charge in [0.1, 0.15) is 12.1 Å². The van der Waals surface area contributed by atoms with Gasteiger partial charge in [0.15, 0.2) is 0 Å². The van der Waals surface area contributed by atoms with Crippen LogP contribution in [-0.4, -0.2) is 41.6 Å². The van der Waals surface area contributed by atoms with E-state index in [1.165, 1.54) is 0 Å². The number of carbonyl (C=O) groups excluding carboxylic acids is 2. The molecule has 0 aliphatic heterocycles. The second-order valence-corrected chi connectivity index (χ2v) is 11.2. The Hall–Kier alpha value is -3.39. The van der Waals surface area contributed by atoms with Crippen LogP contribution < -0.4 is 10.6 Å². The molecule has 0 aliphatic carbocycles. The Labute approximate surface area is 272 Å². The maximum absolute atomic E-state index is 13.0. The van der Waals surface area contributed by atoms with E-state index in [2.05, 4.69) is 35.6 Å². The molecule has 1 aromatic heterocycles. The summed E-state index contributed by atoms with van der Waals surface area (Å²) in [7, 11) is 0. The predicted octanol–water partition coefficient (Wildman–Crippen LogP) is 8.96. The normalized spacial score (nSPS) is 13.0. The predicted molar refractivity (Wildman–Crippen MR) is 183 cm³/mol. The molecule has 7 nitrogen and oxygen atoms in total. The first-order valence-corrected chi connectivity index (χ1v) is 15.9. The average molecular weight is 642 g/mol. The lowest BCUT2D eigenvalue weighted by atomic mass is 10.0. The van der Waals surface area contributed by atoms with Crippen molar-refractivity contribution in [1.29, 1.82) is 0 Å². The van der Waals surface area contributed by atoms with Gasteiger partial charge >= 0.3 is 6.03 Å². The number of amides is 2. The number of unbranched alkanes of at least 4 members (excludes halogenated alkanes) is 2. The topological polar surface area (TPSA) is 85.2 Å². The Morgan fingerprint density at radius 3 is 2.50 bits per heavy atom. The quantitative estimate of drug-likeness (QED) is 0.0694. The van der Waals surface area contributed by atoms with E-state index in [1.807, 2.05) is 56.5 Å². The van der Waals surface area contributed by atoms with Crippen molar-refractivity contribution in [2.75, 3.05) is 19.8 Å². The molecule has 1 unspecified atom stereocenters. The maximum atomic E-state index is 13.0. The highest BCUT2D eigenvalue weighted by Crippen LogP contribution is 2.32. The van der Waals surface area contributed by atoms with Crippen molar-refractivity contribution in [1.82, 2.24) is 20.2 Å². The summed E-state index contributed by atoms with van der Waals surface area (Å²) < 4.78 is 7.94. The van der Waals surface area contributed by atoms with Gasteiger partial charge in [-0.1, -0.05) is 98.5 Å². The molecular formula is C35H46Cl2N4O3. The number of nitrogens with one attached hydrogen (secondary N) is 2. The second kappa shape index (κ2) is 20.5. The molecule has 44 heavy (non-hydrogen) atoms. The van der Waals surface area contributed by atoms with Crippen molar-refractivity contribution in [3.8, 4) is 11.3 Å². The lowest BCUT2D eigenvalue weighted by molar-refractivity contribution is -0.104. The molecule has 1 atom stereocenters. The number of hydrogen-bond acceptors (Lipinski definition) is 4. The highest BCUT2D eigenvalue weighted by Gasteiger charge is 2.23. The molecule has 1 aromatic carbocycles. The zero-order chi connectivity index (χ0) is 32.3. The van der Waals surface area contributed by atoms with Crippen LogP contribution in [0, 0.1) is 0 Å². The van der Waals surface area contributed by atoms with Crippen molar-refractivity contribution in [2.24, 2.45) is 0 Å². The van der Waals surface area contributed by atoms with Crippen molar-refractivity contribution in [2.45, 2.75) is 72.4 Å². The number of nitrogens with zero attached hydrogens (tertiary/aromatic N) is 2. The number of imidazole rings is 1. The fourth-order valence-corrected chi connectivity index (χ4v) is 4.79. The van der Waals surface area contributed by atoms with Gasteiger partial charge in [-0.05, 0) is 56.9 Å². The summed E-state index contributed by atoms with van der Waals surface area (Å²) in [6, 6.07) is 4.76. The maximum Gasteiger partial charge on any atom is 0.315 e. The molecule has 0 radical (unpaired) electrons. The monoisotopic (exact) mass is 640 g/mol. The van der Waals surface area contributed by atoms with Gasteiger partial charge in [0, 0.05) is 35.4 Å². The Morgan fingerprint density at radius 2 is 1.84 bits per heavy atom. The summed E-state index contributed by atoms with van der Waals surface area (Å²) in [4.78, 5) is 28.8. The average Bonchev–Trinajstić information content (AvgIpc) is 3.43. The summed E-state index contributed by atoms with van der Waals surface area (Å²) in [5, 5.41) is 7.23. The molecule has 2 amide bonds. The van der Waals surface area contributed by atoms with Gasteiger partial charge in [-0.2, -0.15) is 0 Å². The number of hydrogen-bond donors (Lipinski definition) is 2. The molecule has 2 N–H and O–H groups in total. The minimum atomic E-state index is -0.393. The Bertz CT molecular complexity index is 1360. The van der Waals surface area contributed by atoms with Gasteiger partial charge in [-0.25, -0.2) is 9.78 Å². The fourth-order valence-electron chi connectivity index (χ4n) is 4.28. The highest BCUT2D eigenvalue weighted by molar-refractivity contribution is 6.36. The zero-order valence-electron chi connectivity index (χ0n) is 26.4. The standard InChI is InChI=1S/C35H46Cl2N4O3/c1-6-10-18-38-35(43)40-32(21-27(8-3)13-12-20-44-25-28(9-4)15-14-26(5)24-42)34-39-33(23-41(34)19-11-7-2)30-17-16-29(36)22-31(30)37/h8-9,12-17,22-24,32H,5-7,10-11,18-21,25H2,1-4H3,(H2,38,40,43)/b13-12-,15-14-,27-8+,28-9+. The molecule has 2 aromatic rings. The van der Waals surface area contributed by atoms with Crippen LogP contribution in [0.1, 0.15) is 71.7 Å². The second-order valence-electron chi connectivity index (χ2n) is 10.3. The molecule has 0 saturated carbocycles. The van der Waals surface area contributed by atoms with Crippen LogP contribution in [0.4, 0.5) is 4.79 Å². The third-order valence-corrected chi connectivity index (χ3v) is 7.41. The number of ether oxygens (including phenoxy) is 1. The SMILES string of the molecule is C=C(C=O)/C=C\C(=C/C)COC/C=C\C(=C/C)CC(NC(=O)NCCCC)c1nc(-c2ccc(Cl)cc2Cl)cn1CCCC. The number of carbonyl (C=O) groups is 2. The Balaban J connectivity index is 2.29. The van der Waals surface area contributed by atoms with Gasteiger partial charge in [0.25, 0.3) is 0 Å². The van der Waals surface area contributed by atoms with Crippen LogP contribution in [0.3, 0.4) is 0 Å². The molecule has 238 valence electrons. The first-order chi connectivity index (χ1) is 21.3. The zero-order valence-corrected chi connectivity index (χ0v) is 27.9. The Morgan fingerprint density at radius 1 is 1.09 bits per heavy atom. The summed E-state index contributed by atoms with van der Waals surface area (Å²) in [6.07, 6.45) is 18.6. The number of aryl methyl sites for hydroxylation is 1. The van der Waals surface area contributed by atoms with Crippen molar-refractivity contribution < 1.29 is 14.3 Å². The van der Waals surface area contributed by atoms with Crippen LogP contribution in [0.25, 0.3) is 11.3 Å². The van der Waals surface area contributed by atoms with E-state index in [0.717, 1.165) is 60.5 Å². The van der Waals surface area contributed by atoms with Crippen LogP contribution in [0.2, 0.25) is 10.0 Å². The number of urea groups is 1. The number of allylic oxidation sites excluding steroid dienone is 5. The molecular weight excluding hydrogens is 595 g/mol. The van der Waals surface area contributed by atoms with Crippen molar-refractivity contribution in [3.05, 3.63) is 100 Å². The first kappa shape index (κ1) is 36.8. The minimum absolute atomic E-state index is 0.230. The van der Waals surface area contributed by atoms with Crippen LogP contribution in [0.15, 0.2) is 84.2 Å². The Kier molecular flexibility index (Phi) is 17.2. The van der Waals surface area contributed by atoms with Gasteiger partial charge in [0.2, 0.25) is 0 Å². The highest BCUT2D eigenvalue weighted by atomic mass is 35.5. The molecule has 0 bridgehead atoms. The van der Waals surface area contributed by atoms with Crippen LogP contribution in [0.5, 0.6) is 0 Å². The lowest BCUT2D eigenvalue weighted by Crippen LogP contribution is -2.39. The van der Waals surface area contributed by atoms with Crippen LogP contribution >= 0.6 is 23.2 Å².